The third-order valence-corrected chi connectivity index (χ3v) is 2.83. The van der Waals surface area contributed by atoms with Gasteiger partial charge in [0.2, 0.25) is 0 Å². The summed E-state index contributed by atoms with van der Waals surface area (Å²) in [6.07, 6.45) is 0. The molecule has 0 spiro atoms. The van der Waals surface area contributed by atoms with Gasteiger partial charge in [0.25, 0.3) is 0 Å². The van der Waals surface area contributed by atoms with Gasteiger partial charge in [-0.1, -0.05) is 0 Å². The summed E-state index contributed by atoms with van der Waals surface area (Å²) in [4.78, 5) is 23.2. The molecule has 8 heteroatoms. The Balaban J connectivity index is 3.20. The molecule has 0 saturated carbocycles. The maximum absolute atomic E-state index is 12.0. The molecule has 0 atom stereocenters. The summed E-state index contributed by atoms with van der Waals surface area (Å²) >= 11 is 11.6. The molecular formula is C10H6Cl2NO4P. The zero-order valence-corrected chi connectivity index (χ0v) is 11.2. The van der Waals surface area contributed by atoms with E-state index in [1.807, 2.05) is 0 Å². The standard InChI is InChI=1S/C10H6Cl2NO4P/c11-6-2-1-3-7(12)9(6)10(16)13(5-18-17)4-8(14)15/h1-3H,4H2,(H,14,15). The van der Waals surface area contributed by atoms with Crippen LogP contribution in [0.1, 0.15) is 10.4 Å². The molecule has 5 nitrogen and oxygen atoms in total. The molecule has 1 rings (SSSR count). The zero-order chi connectivity index (χ0) is 13.7. The van der Waals surface area contributed by atoms with E-state index >= 15 is 0 Å². The average Bonchev–Trinajstić information content (AvgIpc) is 2.27. The number of carboxylic acid groups (broad SMARTS) is 1. The summed E-state index contributed by atoms with van der Waals surface area (Å²) < 4.78 is 10.4. The average molecular weight is 306 g/mol. The number of carbonyl (C=O) groups excluding carboxylic acids is 1. The first-order valence-corrected chi connectivity index (χ1v) is 6.10. The molecule has 0 aliphatic carbocycles. The van der Waals surface area contributed by atoms with Crippen molar-refractivity contribution >= 4 is 43.0 Å². The molecule has 0 radical (unpaired) electrons. The maximum atomic E-state index is 12.0. The van der Waals surface area contributed by atoms with Crippen LogP contribution in [-0.2, 0) is 9.36 Å². The fourth-order valence-electron chi connectivity index (χ4n) is 1.17. The van der Waals surface area contributed by atoms with Gasteiger partial charge >= 0.3 is 113 Å². The van der Waals surface area contributed by atoms with Crippen LogP contribution in [0.2, 0.25) is 10.0 Å². The topological polar surface area (TPSA) is 74.7 Å². The third-order valence-electron chi connectivity index (χ3n) is 1.88. The molecule has 1 aromatic carbocycles. The van der Waals surface area contributed by atoms with Crippen molar-refractivity contribution in [3.63, 3.8) is 0 Å². The number of halogens is 2. The molecule has 0 saturated heterocycles. The van der Waals surface area contributed by atoms with Gasteiger partial charge in [-0.05, 0) is 0 Å². The number of rotatable bonds is 3. The van der Waals surface area contributed by atoms with Crippen LogP contribution in [0.15, 0.2) is 18.2 Å². The second-order valence-electron chi connectivity index (χ2n) is 3.07. The van der Waals surface area contributed by atoms with Crippen LogP contribution >= 0.6 is 31.1 Å². The summed E-state index contributed by atoms with van der Waals surface area (Å²) in [6.45, 7) is -0.685. The predicted molar refractivity (Wildman–Crippen MR) is 66.6 cm³/mol. The molecule has 0 aliphatic rings. The minimum atomic E-state index is -1.28. The molecule has 94 valence electrons. The van der Waals surface area contributed by atoms with E-state index < -0.39 is 26.3 Å². The second-order valence-corrected chi connectivity index (χ2v) is 4.27. The Labute approximate surface area is 113 Å². The molecule has 1 N–H and O–H groups in total. The van der Waals surface area contributed by atoms with E-state index in [2.05, 4.69) is 5.75 Å². The second kappa shape index (κ2) is 6.62. The Morgan fingerprint density at radius 3 is 2.33 bits per heavy atom. The van der Waals surface area contributed by atoms with Crippen LogP contribution in [0.4, 0.5) is 0 Å². The van der Waals surface area contributed by atoms with Gasteiger partial charge in [0.1, 0.15) is 0 Å². The van der Waals surface area contributed by atoms with Crippen LogP contribution in [0.3, 0.4) is 0 Å². The summed E-state index contributed by atoms with van der Waals surface area (Å²) in [5, 5.41) is 8.79. The van der Waals surface area contributed by atoms with Gasteiger partial charge in [0, 0.05) is 0 Å². The Morgan fingerprint density at radius 2 is 1.89 bits per heavy atom. The number of aliphatic carboxylic acids is 1. The van der Waals surface area contributed by atoms with Crippen molar-refractivity contribution in [2.24, 2.45) is 0 Å². The number of nitrogens with zero attached hydrogens (tertiary/aromatic N) is 1. The van der Waals surface area contributed by atoms with Crippen LogP contribution in [0, 0.1) is 5.75 Å². The first kappa shape index (κ1) is 14.8. The SMILES string of the molecule is O=P#CN(CC(=O)O)C(=O)c1c(Cl)cccc1Cl. The number of hydrogen-bond acceptors (Lipinski definition) is 3. The van der Waals surface area contributed by atoms with Gasteiger partial charge < -0.3 is 0 Å². The Kier molecular flexibility index (Phi) is 5.45. The fraction of sp³-hybridized carbons (Fsp3) is 0.100. The first-order valence-electron chi connectivity index (χ1n) is 4.53. The van der Waals surface area contributed by atoms with E-state index in [-0.39, 0.29) is 15.6 Å². The summed E-state index contributed by atoms with van der Waals surface area (Å²) in [7, 11) is -0.617. The Bertz CT molecular complexity index is 579. The van der Waals surface area contributed by atoms with E-state index in [0.717, 1.165) is 0 Å². The fourth-order valence-corrected chi connectivity index (χ4v) is 1.99. The minimum absolute atomic E-state index is 0.0572. The summed E-state index contributed by atoms with van der Waals surface area (Å²) in [5.41, 5.74) is -0.0572. The van der Waals surface area contributed by atoms with Gasteiger partial charge in [-0.25, -0.2) is 0 Å². The molecule has 18 heavy (non-hydrogen) atoms. The quantitative estimate of drug-likeness (QED) is 0.688. The number of hydrogen-bond donors (Lipinski definition) is 1. The van der Waals surface area contributed by atoms with Gasteiger partial charge in [0.05, 0.1) is 0 Å². The van der Waals surface area contributed by atoms with E-state index in [0.29, 0.717) is 4.90 Å². The Hall–Kier alpha value is -1.25. The molecule has 0 aromatic heterocycles. The van der Waals surface area contributed by atoms with Crippen molar-refractivity contribution in [2.75, 3.05) is 6.54 Å². The van der Waals surface area contributed by atoms with Gasteiger partial charge in [-0.15, -0.1) is 0 Å². The molecule has 1 aromatic rings. The van der Waals surface area contributed by atoms with E-state index in [9.17, 15) is 14.2 Å². The van der Waals surface area contributed by atoms with Gasteiger partial charge in [-0.2, -0.15) is 0 Å². The van der Waals surface area contributed by atoms with E-state index in [4.69, 9.17) is 28.3 Å². The monoisotopic (exact) mass is 305 g/mol. The van der Waals surface area contributed by atoms with Gasteiger partial charge in [-0.3, -0.25) is 0 Å². The molecule has 0 bridgehead atoms. The molecule has 1 amide bonds. The van der Waals surface area contributed by atoms with Crippen molar-refractivity contribution < 1.29 is 19.3 Å². The van der Waals surface area contributed by atoms with Crippen molar-refractivity contribution in [3.8, 4) is 5.75 Å². The molecule has 0 fully saturated rings. The number of carbonyl (C=O) groups is 2. The van der Waals surface area contributed by atoms with Gasteiger partial charge in [0.15, 0.2) is 0 Å². The van der Waals surface area contributed by atoms with Crippen LogP contribution in [0.25, 0.3) is 0 Å². The number of carboxylic acids is 1. The molecular weight excluding hydrogens is 300 g/mol. The molecule has 0 unspecified atom stereocenters. The number of benzene rings is 1. The van der Waals surface area contributed by atoms with Crippen LogP contribution < -0.4 is 0 Å². The van der Waals surface area contributed by atoms with Crippen molar-refractivity contribution in [1.29, 1.82) is 0 Å². The van der Waals surface area contributed by atoms with Crippen LogP contribution in [0.5, 0.6) is 0 Å². The van der Waals surface area contributed by atoms with Crippen molar-refractivity contribution in [3.05, 3.63) is 33.8 Å². The zero-order valence-electron chi connectivity index (χ0n) is 8.76. The predicted octanol–water partition coefficient (Wildman–Crippen LogP) is 2.73. The third kappa shape index (κ3) is 3.62. The van der Waals surface area contributed by atoms with Crippen LogP contribution in [-0.4, -0.2) is 28.4 Å². The normalized spacial score (nSPS) is 9.44. The summed E-state index contributed by atoms with van der Waals surface area (Å²) in [6, 6.07) is 4.42. The molecule has 0 aliphatic heterocycles. The van der Waals surface area contributed by atoms with Crippen molar-refractivity contribution in [1.82, 2.24) is 4.90 Å². The van der Waals surface area contributed by atoms with E-state index in [1.165, 1.54) is 12.1 Å². The summed E-state index contributed by atoms with van der Waals surface area (Å²) in [5.74, 6) is 0.0125. The van der Waals surface area contributed by atoms with E-state index in [1.54, 1.807) is 6.07 Å². The Morgan fingerprint density at radius 1 is 1.33 bits per heavy atom. The van der Waals surface area contributed by atoms with Crippen molar-refractivity contribution in [2.45, 2.75) is 0 Å². The molecule has 0 heterocycles. The first-order chi connectivity index (χ1) is 8.47. The number of amides is 1.